The number of nitrogens with zero attached hydrogens (tertiary/aromatic N) is 3. The minimum absolute atomic E-state index is 0.0771. The average Bonchev–Trinajstić information content (AvgIpc) is 3.37. The highest BCUT2D eigenvalue weighted by atomic mass is 32.1. The molecule has 168 valence electrons. The van der Waals surface area contributed by atoms with Crippen molar-refractivity contribution in [2.24, 2.45) is 7.05 Å². The fraction of sp³-hybridized carbons (Fsp3) is 0.0909. The molecule has 2 aromatic heterocycles. The van der Waals surface area contributed by atoms with Crippen LogP contribution in [0.3, 0.4) is 0 Å². The van der Waals surface area contributed by atoms with Crippen LogP contribution in [0.2, 0.25) is 0 Å². The number of hydrogen-bond acceptors (Lipinski definition) is 7. The number of anilines is 3. The van der Waals surface area contributed by atoms with Crippen LogP contribution in [0.5, 0.6) is 0 Å². The third-order valence-corrected chi connectivity index (χ3v) is 5.76. The van der Waals surface area contributed by atoms with Crippen LogP contribution in [-0.2, 0) is 13.6 Å². The van der Waals surface area contributed by atoms with Crippen molar-refractivity contribution in [2.45, 2.75) is 6.54 Å². The lowest BCUT2D eigenvalue weighted by molar-refractivity contribution is 0.0949. The van der Waals surface area contributed by atoms with E-state index in [4.69, 9.17) is 5.73 Å². The maximum absolute atomic E-state index is 14.0. The summed E-state index contributed by atoms with van der Waals surface area (Å²) in [5.74, 6) is -2.50. The summed E-state index contributed by atoms with van der Waals surface area (Å²) in [6.07, 6.45) is 3.44. The van der Waals surface area contributed by atoms with E-state index in [1.165, 1.54) is 6.07 Å². The van der Waals surface area contributed by atoms with Gasteiger partial charge >= 0.3 is 0 Å². The highest BCUT2D eigenvalue weighted by Gasteiger charge is 2.24. The van der Waals surface area contributed by atoms with Gasteiger partial charge in [0.15, 0.2) is 5.13 Å². The Morgan fingerprint density at radius 1 is 1.12 bits per heavy atom. The Hall–Kier alpha value is -4.12. The number of nitrogens with two attached hydrogens (primary N) is 1. The number of nitrogens with one attached hydrogen (secondary N) is 2. The molecule has 0 fully saturated rings. The number of hydrogen-bond donors (Lipinski definition) is 3. The lowest BCUT2D eigenvalue weighted by Gasteiger charge is -2.07. The molecule has 4 aromatic rings. The smallest absolute Gasteiger partial charge is 0.251 e. The van der Waals surface area contributed by atoms with Crippen LogP contribution >= 0.6 is 11.3 Å². The molecule has 0 aliphatic rings. The van der Waals surface area contributed by atoms with Gasteiger partial charge in [-0.3, -0.25) is 9.59 Å². The van der Waals surface area contributed by atoms with E-state index in [0.29, 0.717) is 17.8 Å². The Balaban J connectivity index is 1.44. The molecule has 2 aromatic carbocycles. The molecule has 0 bridgehead atoms. The number of amides is 1. The second kappa shape index (κ2) is 9.17. The molecule has 11 heteroatoms. The van der Waals surface area contributed by atoms with E-state index in [2.05, 4.69) is 20.6 Å². The second-order valence-electron chi connectivity index (χ2n) is 7.00. The van der Waals surface area contributed by atoms with Gasteiger partial charge in [0.25, 0.3) is 5.91 Å². The number of carbonyl (C=O) groups excluding carboxylic acids is 2. The summed E-state index contributed by atoms with van der Waals surface area (Å²) in [6.45, 7) is 0.292. The first kappa shape index (κ1) is 22.1. The van der Waals surface area contributed by atoms with Crippen molar-refractivity contribution in [3.05, 3.63) is 88.3 Å². The Bertz CT molecular complexity index is 1310. The van der Waals surface area contributed by atoms with Gasteiger partial charge in [0.2, 0.25) is 5.78 Å². The number of nitrogen functional groups attached to an aromatic ring is 1. The van der Waals surface area contributed by atoms with Crippen LogP contribution in [0, 0.1) is 11.6 Å². The molecule has 0 atom stereocenters. The van der Waals surface area contributed by atoms with E-state index < -0.39 is 23.0 Å². The second-order valence-corrected chi connectivity index (χ2v) is 8.00. The molecule has 0 radical (unpaired) electrons. The number of ketones is 1. The number of benzene rings is 2. The van der Waals surface area contributed by atoms with Gasteiger partial charge in [-0.2, -0.15) is 0 Å². The highest BCUT2D eigenvalue weighted by Crippen LogP contribution is 2.31. The Kier molecular flexibility index (Phi) is 6.13. The lowest BCUT2D eigenvalue weighted by atomic mass is 10.1. The van der Waals surface area contributed by atoms with Crippen LogP contribution in [0.25, 0.3) is 0 Å². The standard InChI is InChI=1S/C22H18F2N6O2S/c1-30-10-9-26-16(30)11-27-21(32)12-5-7-13(8-6-12)28-22-29-20(25)19(33-22)18(31)17-14(23)3-2-4-15(17)24/h2-10H,11,25H2,1H3,(H,27,32)(H,28,29). The van der Waals surface area contributed by atoms with Gasteiger partial charge in [-0.15, -0.1) is 0 Å². The summed E-state index contributed by atoms with van der Waals surface area (Å²) < 4.78 is 29.7. The fourth-order valence-corrected chi connectivity index (χ4v) is 3.88. The first-order chi connectivity index (χ1) is 15.8. The summed E-state index contributed by atoms with van der Waals surface area (Å²) in [4.78, 5) is 33.1. The summed E-state index contributed by atoms with van der Waals surface area (Å²) in [7, 11) is 1.84. The molecular weight excluding hydrogens is 450 g/mol. The molecule has 0 spiro atoms. The third kappa shape index (κ3) is 4.72. The Labute approximate surface area is 191 Å². The van der Waals surface area contributed by atoms with Gasteiger partial charge in [-0.05, 0) is 36.4 Å². The molecule has 0 aliphatic carbocycles. The first-order valence-corrected chi connectivity index (χ1v) is 10.5. The number of aryl methyl sites for hydroxylation is 1. The summed E-state index contributed by atoms with van der Waals surface area (Å²) in [5.41, 5.74) is 6.16. The van der Waals surface area contributed by atoms with Crippen molar-refractivity contribution in [2.75, 3.05) is 11.1 Å². The molecule has 0 saturated carbocycles. The summed E-state index contributed by atoms with van der Waals surface area (Å²) >= 11 is 0.874. The largest absolute Gasteiger partial charge is 0.382 e. The Morgan fingerprint density at radius 2 is 1.82 bits per heavy atom. The summed E-state index contributed by atoms with van der Waals surface area (Å²) in [5, 5.41) is 6.03. The number of aromatic nitrogens is 3. The maximum atomic E-state index is 14.0. The molecule has 0 aliphatic heterocycles. The predicted molar refractivity (Wildman–Crippen MR) is 120 cm³/mol. The number of imidazole rings is 1. The predicted octanol–water partition coefficient (Wildman–Crippen LogP) is 3.64. The zero-order valence-electron chi connectivity index (χ0n) is 17.3. The first-order valence-electron chi connectivity index (χ1n) is 9.70. The van der Waals surface area contributed by atoms with Crippen molar-refractivity contribution < 1.29 is 18.4 Å². The van der Waals surface area contributed by atoms with Crippen LogP contribution < -0.4 is 16.4 Å². The maximum Gasteiger partial charge on any atom is 0.251 e. The van der Waals surface area contributed by atoms with E-state index >= 15 is 0 Å². The molecule has 33 heavy (non-hydrogen) atoms. The van der Waals surface area contributed by atoms with E-state index in [0.717, 1.165) is 29.3 Å². The zero-order chi connectivity index (χ0) is 23.5. The minimum atomic E-state index is -0.973. The molecule has 2 heterocycles. The van der Waals surface area contributed by atoms with Crippen molar-refractivity contribution in [3.8, 4) is 0 Å². The van der Waals surface area contributed by atoms with Crippen LogP contribution in [0.15, 0.2) is 54.9 Å². The average molecular weight is 468 g/mol. The molecule has 0 saturated heterocycles. The van der Waals surface area contributed by atoms with Gasteiger partial charge in [0, 0.05) is 30.7 Å². The van der Waals surface area contributed by atoms with Gasteiger partial charge in [-0.1, -0.05) is 17.4 Å². The van der Waals surface area contributed by atoms with Crippen molar-refractivity contribution in [3.63, 3.8) is 0 Å². The van der Waals surface area contributed by atoms with Crippen LogP contribution in [0.1, 0.15) is 31.4 Å². The number of carbonyl (C=O) groups is 2. The fourth-order valence-electron chi connectivity index (χ4n) is 3.03. The van der Waals surface area contributed by atoms with Crippen LogP contribution in [0.4, 0.5) is 25.4 Å². The quantitative estimate of drug-likeness (QED) is 0.357. The van der Waals surface area contributed by atoms with Crippen molar-refractivity contribution >= 4 is 39.7 Å². The summed E-state index contributed by atoms with van der Waals surface area (Å²) in [6, 6.07) is 9.73. The van der Waals surface area contributed by atoms with Gasteiger partial charge in [0.1, 0.15) is 28.2 Å². The monoisotopic (exact) mass is 468 g/mol. The van der Waals surface area contributed by atoms with Crippen molar-refractivity contribution in [1.82, 2.24) is 19.9 Å². The topological polar surface area (TPSA) is 115 Å². The lowest BCUT2D eigenvalue weighted by Crippen LogP contribution is -2.24. The molecular formula is C22H18F2N6O2S. The van der Waals surface area contributed by atoms with Gasteiger partial charge < -0.3 is 20.9 Å². The van der Waals surface area contributed by atoms with E-state index in [-0.39, 0.29) is 21.7 Å². The van der Waals surface area contributed by atoms with Crippen LogP contribution in [-0.4, -0.2) is 26.2 Å². The molecule has 1 amide bonds. The Morgan fingerprint density at radius 3 is 2.45 bits per heavy atom. The van der Waals surface area contributed by atoms with E-state index in [1.807, 2.05) is 11.6 Å². The van der Waals surface area contributed by atoms with E-state index in [1.54, 1.807) is 36.7 Å². The molecule has 4 N–H and O–H groups in total. The van der Waals surface area contributed by atoms with Crippen molar-refractivity contribution in [1.29, 1.82) is 0 Å². The minimum Gasteiger partial charge on any atom is -0.382 e. The highest BCUT2D eigenvalue weighted by molar-refractivity contribution is 7.18. The molecule has 8 nitrogen and oxygen atoms in total. The van der Waals surface area contributed by atoms with Gasteiger partial charge in [0.05, 0.1) is 12.1 Å². The molecule has 4 rings (SSSR count). The number of thiazole rings is 1. The molecule has 0 unspecified atom stereocenters. The van der Waals surface area contributed by atoms with Gasteiger partial charge in [-0.25, -0.2) is 18.7 Å². The number of rotatable bonds is 7. The van der Waals surface area contributed by atoms with E-state index in [9.17, 15) is 18.4 Å². The third-order valence-electron chi connectivity index (χ3n) is 4.78. The number of halogens is 2. The SMILES string of the molecule is Cn1ccnc1CNC(=O)c1ccc(Nc2nc(N)c(C(=O)c3c(F)cccc3F)s2)cc1. The zero-order valence-corrected chi connectivity index (χ0v) is 18.1. The normalized spacial score (nSPS) is 10.8.